The standard InChI is InChI=1S/C17H27N3O/c1-3-10-19-16-9-11-18-13-15(16)17(21)20-12-7-5-6-8-14(20)4-2/h9,11,13-14H,3-8,10,12H2,1-2H3,(H,18,19). The highest BCUT2D eigenvalue weighted by Gasteiger charge is 2.26. The zero-order valence-corrected chi connectivity index (χ0v) is 13.3. The lowest BCUT2D eigenvalue weighted by atomic mass is 10.1. The molecule has 0 bridgehead atoms. The molecule has 2 rings (SSSR count). The fraction of sp³-hybridized carbons (Fsp3) is 0.647. The summed E-state index contributed by atoms with van der Waals surface area (Å²) in [6.45, 7) is 6.05. The van der Waals surface area contributed by atoms with E-state index >= 15 is 0 Å². The van der Waals surface area contributed by atoms with Crippen LogP contribution >= 0.6 is 0 Å². The average molecular weight is 289 g/mol. The summed E-state index contributed by atoms with van der Waals surface area (Å²) in [4.78, 5) is 19.2. The lowest BCUT2D eigenvalue weighted by molar-refractivity contribution is 0.0679. The third-order valence-corrected chi connectivity index (χ3v) is 4.23. The lowest BCUT2D eigenvalue weighted by Gasteiger charge is -2.30. The van der Waals surface area contributed by atoms with Gasteiger partial charge in [0.05, 0.1) is 11.3 Å². The second-order valence-electron chi connectivity index (χ2n) is 5.76. The van der Waals surface area contributed by atoms with Gasteiger partial charge in [-0.3, -0.25) is 9.78 Å². The zero-order chi connectivity index (χ0) is 15.1. The number of rotatable bonds is 5. The molecular formula is C17H27N3O. The maximum atomic E-state index is 13.0. The number of anilines is 1. The van der Waals surface area contributed by atoms with E-state index in [4.69, 9.17) is 0 Å². The van der Waals surface area contributed by atoms with E-state index in [1.54, 1.807) is 12.4 Å². The Labute approximate surface area is 127 Å². The SMILES string of the molecule is CCCNc1ccncc1C(=O)N1CCCCCC1CC. The molecule has 1 unspecified atom stereocenters. The van der Waals surface area contributed by atoms with E-state index in [2.05, 4.69) is 29.0 Å². The van der Waals surface area contributed by atoms with Crippen molar-refractivity contribution in [2.24, 2.45) is 0 Å². The van der Waals surface area contributed by atoms with Crippen molar-refractivity contribution in [3.8, 4) is 0 Å². The van der Waals surface area contributed by atoms with Gasteiger partial charge in [0.25, 0.3) is 5.91 Å². The molecule has 1 aliphatic heterocycles. The third kappa shape index (κ3) is 3.96. The Kier molecular flexibility index (Phi) is 6.03. The van der Waals surface area contributed by atoms with Crippen LogP contribution in [0.2, 0.25) is 0 Å². The predicted molar refractivity (Wildman–Crippen MR) is 86.6 cm³/mol. The first-order chi connectivity index (χ1) is 10.3. The molecular weight excluding hydrogens is 262 g/mol. The topological polar surface area (TPSA) is 45.2 Å². The molecule has 1 N–H and O–H groups in total. The smallest absolute Gasteiger partial charge is 0.257 e. The minimum atomic E-state index is 0.135. The van der Waals surface area contributed by atoms with Crippen LogP contribution < -0.4 is 5.32 Å². The van der Waals surface area contributed by atoms with Crippen molar-refractivity contribution in [3.05, 3.63) is 24.0 Å². The summed E-state index contributed by atoms with van der Waals surface area (Å²) in [5, 5.41) is 3.34. The van der Waals surface area contributed by atoms with Gasteiger partial charge in [0.2, 0.25) is 0 Å². The number of carbonyl (C=O) groups excluding carboxylic acids is 1. The highest BCUT2D eigenvalue weighted by Crippen LogP contribution is 2.24. The van der Waals surface area contributed by atoms with Crippen molar-refractivity contribution in [1.29, 1.82) is 0 Å². The molecule has 1 fully saturated rings. The number of carbonyl (C=O) groups is 1. The maximum absolute atomic E-state index is 13.0. The van der Waals surface area contributed by atoms with Gasteiger partial charge in [0.15, 0.2) is 0 Å². The third-order valence-electron chi connectivity index (χ3n) is 4.23. The van der Waals surface area contributed by atoms with Gasteiger partial charge in [-0.05, 0) is 31.7 Å². The van der Waals surface area contributed by atoms with Crippen LogP contribution in [0.4, 0.5) is 5.69 Å². The summed E-state index contributed by atoms with van der Waals surface area (Å²) in [6.07, 6.45) is 10.2. The second kappa shape index (κ2) is 8.01. The van der Waals surface area contributed by atoms with Crippen LogP contribution in [-0.4, -0.2) is 34.9 Å². The van der Waals surface area contributed by atoms with E-state index in [9.17, 15) is 4.79 Å². The van der Waals surface area contributed by atoms with Crippen LogP contribution in [-0.2, 0) is 0 Å². The number of nitrogens with zero attached hydrogens (tertiary/aromatic N) is 2. The summed E-state index contributed by atoms with van der Waals surface area (Å²) in [6, 6.07) is 2.28. The summed E-state index contributed by atoms with van der Waals surface area (Å²) < 4.78 is 0. The molecule has 2 heterocycles. The number of nitrogens with one attached hydrogen (secondary N) is 1. The summed E-state index contributed by atoms with van der Waals surface area (Å²) in [5.41, 5.74) is 1.63. The Morgan fingerprint density at radius 2 is 2.24 bits per heavy atom. The highest BCUT2D eigenvalue weighted by molar-refractivity contribution is 5.99. The number of hydrogen-bond donors (Lipinski definition) is 1. The Balaban J connectivity index is 2.21. The van der Waals surface area contributed by atoms with Crippen molar-refractivity contribution in [2.75, 3.05) is 18.4 Å². The molecule has 21 heavy (non-hydrogen) atoms. The number of likely N-dealkylation sites (tertiary alicyclic amines) is 1. The molecule has 0 aromatic carbocycles. The van der Waals surface area contributed by atoms with Crippen molar-refractivity contribution < 1.29 is 4.79 Å². The molecule has 1 atom stereocenters. The van der Waals surface area contributed by atoms with Crippen molar-refractivity contribution in [2.45, 2.75) is 58.4 Å². The molecule has 0 spiro atoms. The normalized spacial score (nSPS) is 19.1. The van der Waals surface area contributed by atoms with Crippen LogP contribution in [0.1, 0.15) is 62.7 Å². The highest BCUT2D eigenvalue weighted by atomic mass is 16.2. The maximum Gasteiger partial charge on any atom is 0.257 e. The molecule has 0 aliphatic carbocycles. The van der Waals surface area contributed by atoms with Gasteiger partial charge in [-0.25, -0.2) is 0 Å². The number of aromatic nitrogens is 1. The van der Waals surface area contributed by atoms with E-state index in [1.807, 2.05) is 6.07 Å². The van der Waals surface area contributed by atoms with Crippen LogP contribution in [0.3, 0.4) is 0 Å². The molecule has 1 aliphatic rings. The van der Waals surface area contributed by atoms with Crippen molar-refractivity contribution in [1.82, 2.24) is 9.88 Å². The first-order valence-corrected chi connectivity index (χ1v) is 8.26. The second-order valence-corrected chi connectivity index (χ2v) is 5.76. The Hall–Kier alpha value is -1.58. The summed E-state index contributed by atoms with van der Waals surface area (Å²) >= 11 is 0. The lowest BCUT2D eigenvalue weighted by Crippen LogP contribution is -2.40. The van der Waals surface area contributed by atoms with Gasteiger partial charge in [0, 0.05) is 31.5 Å². The summed E-state index contributed by atoms with van der Waals surface area (Å²) in [5.74, 6) is 0.135. The van der Waals surface area contributed by atoms with Crippen LogP contribution in [0, 0.1) is 0 Å². The fourth-order valence-electron chi connectivity index (χ4n) is 3.00. The van der Waals surface area contributed by atoms with Crippen LogP contribution in [0.15, 0.2) is 18.5 Å². The molecule has 116 valence electrons. The molecule has 4 nitrogen and oxygen atoms in total. The van der Waals surface area contributed by atoms with E-state index in [0.29, 0.717) is 11.6 Å². The quantitative estimate of drug-likeness (QED) is 0.899. The average Bonchev–Trinajstić information content (AvgIpc) is 2.77. The van der Waals surface area contributed by atoms with Gasteiger partial charge in [-0.1, -0.05) is 26.7 Å². The molecule has 1 aromatic rings. The van der Waals surface area contributed by atoms with E-state index in [1.165, 1.54) is 12.8 Å². The monoisotopic (exact) mass is 289 g/mol. The van der Waals surface area contributed by atoms with Crippen LogP contribution in [0.25, 0.3) is 0 Å². The molecule has 0 saturated carbocycles. The first kappa shape index (κ1) is 15.8. The van der Waals surface area contributed by atoms with Crippen molar-refractivity contribution >= 4 is 11.6 Å². The van der Waals surface area contributed by atoms with Gasteiger partial charge in [0.1, 0.15) is 0 Å². The summed E-state index contributed by atoms with van der Waals surface area (Å²) in [7, 11) is 0. The predicted octanol–water partition coefficient (Wildman–Crippen LogP) is 3.70. The molecule has 1 amide bonds. The minimum Gasteiger partial charge on any atom is -0.384 e. The van der Waals surface area contributed by atoms with E-state index < -0.39 is 0 Å². The minimum absolute atomic E-state index is 0.135. The Bertz CT molecular complexity index is 461. The zero-order valence-electron chi connectivity index (χ0n) is 13.3. The van der Waals surface area contributed by atoms with Gasteiger partial charge >= 0.3 is 0 Å². The number of pyridine rings is 1. The van der Waals surface area contributed by atoms with E-state index in [-0.39, 0.29) is 5.91 Å². The number of amides is 1. The molecule has 1 aromatic heterocycles. The fourth-order valence-corrected chi connectivity index (χ4v) is 3.00. The first-order valence-electron chi connectivity index (χ1n) is 8.26. The largest absolute Gasteiger partial charge is 0.384 e. The molecule has 0 radical (unpaired) electrons. The number of hydrogen-bond acceptors (Lipinski definition) is 3. The molecule has 4 heteroatoms. The van der Waals surface area contributed by atoms with E-state index in [0.717, 1.165) is 44.5 Å². The van der Waals surface area contributed by atoms with Gasteiger partial charge < -0.3 is 10.2 Å². The van der Waals surface area contributed by atoms with Crippen LogP contribution in [0.5, 0.6) is 0 Å². The van der Waals surface area contributed by atoms with Gasteiger partial charge in [-0.2, -0.15) is 0 Å². The molecule has 1 saturated heterocycles. The van der Waals surface area contributed by atoms with Crippen molar-refractivity contribution in [3.63, 3.8) is 0 Å². The Morgan fingerprint density at radius 1 is 1.38 bits per heavy atom. The Morgan fingerprint density at radius 3 is 3.00 bits per heavy atom. The van der Waals surface area contributed by atoms with Gasteiger partial charge in [-0.15, -0.1) is 0 Å².